The van der Waals surface area contributed by atoms with Crippen LogP contribution in [0, 0.1) is 11.7 Å². The minimum Gasteiger partial charge on any atom is -0.481 e. The summed E-state index contributed by atoms with van der Waals surface area (Å²) in [6.45, 7) is 7.34. The van der Waals surface area contributed by atoms with Gasteiger partial charge < -0.3 is 19.1 Å². The fourth-order valence-electron chi connectivity index (χ4n) is 4.94. The van der Waals surface area contributed by atoms with E-state index in [4.69, 9.17) is 25.8 Å². The molecule has 0 bridgehead atoms. The number of benzene rings is 1. The number of methoxy groups -OCH3 is 1. The second-order valence-corrected chi connectivity index (χ2v) is 9.84. The number of halogens is 2. The first-order valence-electron chi connectivity index (χ1n) is 11.7. The lowest BCUT2D eigenvalue weighted by Crippen LogP contribution is -2.32. The molecule has 5 rings (SSSR count). The van der Waals surface area contributed by atoms with Gasteiger partial charge in [0.25, 0.3) is 0 Å². The molecule has 2 saturated heterocycles. The largest absolute Gasteiger partial charge is 0.481 e. The quantitative estimate of drug-likeness (QED) is 0.480. The molecule has 0 amide bonds. The van der Waals surface area contributed by atoms with E-state index >= 15 is 0 Å². The first kappa shape index (κ1) is 24.0. The molecule has 35 heavy (non-hydrogen) atoms. The third kappa shape index (κ3) is 4.60. The molecule has 0 N–H and O–H groups in total. The molecule has 1 aromatic carbocycles. The van der Waals surface area contributed by atoms with Crippen molar-refractivity contribution in [2.75, 3.05) is 38.3 Å². The lowest BCUT2D eigenvalue weighted by molar-refractivity contribution is 0.0277. The van der Waals surface area contributed by atoms with Gasteiger partial charge in [-0.05, 0) is 36.1 Å². The maximum Gasteiger partial charge on any atom is 0.232 e. The predicted octanol–water partition coefficient (Wildman–Crippen LogP) is 4.18. The van der Waals surface area contributed by atoms with Crippen molar-refractivity contribution in [3.05, 3.63) is 58.8 Å². The Labute approximate surface area is 209 Å². The number of aromatic nitrogens is 4. The van der Waals surface area contributed by atoms with Gasteiger partial charge in [-0.25, -0.2) is 9.37 Å². The molecule has 10 heteroatoms. The minimum atomic E-state index is -0.339. The van der Waals surface area contributed by atoms with Gasteiger partial charge in [-0.2, -0.15) is 0 Å². The smallest absolute Gasteiger partial charge is 0.232 e. The van der Waals surface area contributed by atoms with Gasteiger partial charge in [-0.3, -0.25) is 4.57 Å². The Hall–Kier alpha value is -2.75. The van der Waals surface area contributed by atoms with Gasteiger partial charge in [0.1, 0.15) is 12.4 Å². The van der Waals surface area contributed by atoms with Crippen molar-refractivity contribution in [3.63, 3.8) is 0 Å². The third-order valence-electron chi connectivity index (χ3n) is 7.17. The van der Waals surface area contributed by atoms with Gasteiger partial charge in [0, 0.05) is 36.2 Å². The molecule has 3 aromatic rings. The van der Waals surface area contributed by atoms with Gasteiger partial charge in [0.2, 0.25) is 11.8 Å². The van der Waals surface area contributed by atoms with Crippen molar-refractivity contribution in [3.8, 4) is 11.6 Å². The summed E-state index contributed by atoms with van der Waals surface area (Å²) in [5.41, 5.74) is 1.45. The second-order valence-electron chi connectivity index (χ2n) is 9.43. The van der Waals surface area contributed by atoms with Crippen LogP contribution in [0.4, 0.5) is 10.3 Å². The van der Waals surface area contributed by atoms with E-state index in [0.29, 0.717) is 49.0 Å². The number of hydrogen-bond acceptors (Lipinski definition) is 7. The maximum absolute atomic E-state index is 13.7. The van der Waals surface area contributed by atoms with E-state index in [0.717, 1.165) is 24.2 Å². The fraction of sp³-hybridized carbons (Fsp3) is 0.480. The summed E-state index contributed by atoms with van der Waals surface area (Å²) in [7, 11) is 1.59. The number of pyridine rings is 1. The fourth-order valence-corrected chi connectivity index (χ4v) is 5.32. The molecule has 0 unspecified atom stereocenters. The van der Waals surface area contributed by atoms with Crippen molar-refractivity contribution < 1.29 is 18.6 Å². The minimum absolute atomic E-state index is 0.0494. The average Bonchev–Trinajstić information content (AvgIpc) is 3.57. The molecule has 4 heterocycles. The Balaban J connectivity index is 1.48. The maximum atomic E-state index is 13.7. The number of nitrogens with zero attached hydrogens (tertiary/aromatic N) is 5. The first-order valence-corrected chi connectivity index (χ1v) is 12.1. The van der Waals surface area contributed by atoms with Crippen LogP contribution in [0.1, 0.15) is 31.7 Å². The molecule has 2 aromatic heterocycles. The Morgan fingerprint density at radius 3 is 2.80 bits per heavy atom. The van der Waals surface area contributed by atoms with Crippen molar-refractivity contribution in [1.82, 2.24) is 19.7 Å². The van der Waals surface area contributed by atoms with Crippen LogP contribution in [0.5, 0.6) is 5.88 Å². The zero-order valence-electron chi connectivity index (χ0n) is 20.1. The van der Waals surface area contributed by atoms with Crippen LogP contribution in [0.25, 0.3) is 5.69 Å². The van der Waals surface area contributed by atoms with E-state index in [2.05, 4.69) is 33.9 Å². The summed E-state index contributed by atoms with van der Waals surface area (Å²) in [6, 6.07) is 8.37. The number of ether oxygens (including phenoxy) is 3. The number of rotatable bonds is 7. The summed E-state index contributed by atoms with van der Waals surface area (Å²) < 4.78 is 32.4. The van der Waals surface area contributed by atoms with Crippen LogP contribution in [-0.2, 0) is 21.5 Å². The summed E-state index contributed by atoms with van der Waals surface area (Å²) in [6.07, 6.45) is 2.66. The topological polar surface area (TPSA) is 74.5 Å². The number of anilines is 1. The molecule has 0 spiro atoms. The summed E-state index contributed by atoms with van der Waals surface area (Å²) >= 11 is 6.48. The lowest BCUT2D eigenvalue weighted by Gasteiger charge is -2.30. The van der Waals surface area contributed by atoms with Gasteiger partial charge in [0.15, 0.2) is 5.82 Å². The normalized spacial score (nSPS) is 24.3. The van der Waals surface area contributed by atoms with E-state index in [1.54, 1.807) is 19.4 Å². The molecule has 3 atom stereocenters. The zero-order chi connectivity index (χ0) is 24.6. The van der Waals surface area contributed by atoms with E-state index in [1.165, 1.54) is 12.1 Å². The Kier molecular flexibility index (Phi) is 6.65. The highest BCUT2D eigenvalue weighted by atomic mass is 35.5. The van der Waals surface area contributed by atoms with Crippen molar-refractivity contribution in [2.24, 2.45) is 5.92 Å². The summed E-state index contributed by atoms with van der Waals surface area (Å²) in [5.74, 6) is 1.80. The van der Waals surface area contributed by atoms with Crippen molar-refractivity contribution >= 4 is 17.5 Å². The van der Waals surface area contributed by atoms with Crippen LogP contribution in [-0.4, -0.2) is 59.3 Å². The van der Waals surface area contributed by atoms with Gasteiger partial charge in [0.05, 0.1) is 31.7 Å². The highest BCUT2D eigenvalue weighted by Gasteiger charge is 2.44. The molecule has 2 aliphatic heterocycles. The third-order valence-corrected chi connectivity index (χ3v) is 7.48. The molecular weight excluding hydrogens is 473 g/mol. The van der Waals surface area contributed by atoms with E-state index in [9.17, 15) is 4.39 Å². The SMILES string of the molecule is COc1ccc(-n2c(CO[C@@H]3CCOC3)nnc2N2C[C@H](C)[C@@](C)(c3ccc(F)cc3Cl)C2)cn1. The van der Waals surface area contributed by atoms with Crippen molar-refractivity contribution in [1.29, 1.82) is 0 Å². The second kappa shape index (κ2) is 9.72. The van der Waals surface area contributed by atoms with E-state index < -0.39 is 0 Å². The van der Waals surface area contributed by atoms with Gasteiger partial charge in [-0.15, -0.1) is 10.2 Å². The highest BCUT2D eigenvalue weighted by Crippen LogP contribution is 2.43. The molecule has 8 nitrogen and oxygen atoms in total. The Morgan fingerprint density at radius 2 is 2.11 bits per heavy atom. The first-order chi connectivity index (χ1) is 16.9. The molecule has 0 saturated carbocycles. The Bertz CT molecular complexity index is 1180. The van der Waals surface area contributed by atoms with Crippen LogP contribution >= 0.6 is 11.6 Å². The molecule has 2 fully saturated rings. The Morgan fingerprint density at radius 1 is 1.26 bits per heavy atom. The van der Waals surface area contributed by atoms with Gasteiger partial charge >= 0.3 is 0 Å². The summed E-state index contributed by atoms with van der Waals surface area (Å²) in [4.78, 5) is 6.58. The summed E-state index contributed by atoms with van der Waals surface area (Å²) in [5, 5.41) is 9.49. The zero-order valence-corrected chi connectivity index (χ0v) is 20.8. The number of hydrogen-bond donors (Lipinski definition) is 0. The molecule has 186 valence electrons. The van der Waals surface area contributed by atoms with Crippen LogP contribution in [0.3, 0.4) is 0 Å². The van der Waals surface area contributed by atoms with Crippen LogP contribution in [0.2, 0.25) is 5.02 Å². The molecule has 2 aliphatic rings. The van der Waals surface area contributed by atoms with E-state index in [1.807, 2.05) is 16.7 Å². The molecule has 0 radical (unpaired) electrons. The van der Waals surface area contributed by atoms with E-state index in [-0.39, 0.29) is 23.3 Å². The lowest BCUT2D eigenvalue weighted by atomic mass is 9.75. The van der Waals surface area contributed by atoms with Gasteiger partial charge in [-0.1, -0.05) is 31.5 Å². The van der Waals surface area contributed by atoms with Crippen molar-refractivity contribution in [2.45, 2.75) is 38.4 Å². The average molecular weight is 502 g/mol. The molecule has 0 aliphatic carbocycles. The van der Waals surface area contributed by atoms with Crippen LogP contribution < -0.4 is 9.64 Å². The predicted molar refractivity (Wildman–Crippen MR) is 130 cm³/mol. The highest BCUT2D eigenvalue weighted by molar-refractivity contribution is 6.31. The monoisotopic (exact) mass is 501 g/mol. The van der Waals surface area contributed by atoms with Crippen LogP contribution in [0.15, 0.2) is 36.5 Å². The molecular formula is C25H29ClFN5O3. The standard InChI is InChI=1S/C25H29ClFN5O3/c1-16-12-31(15-25(16,2)20-6-4-17(27)10-21(20)26)24-30-29-22(14-35-19-8-9-34-13-19)32(24)18-5-7-23(33-3)28-11-18/h4-7,10-11,16,19H,8-9,12-15H2,1-3H3/t16-,19+,25-/m0/s1.